The Labute approximate surface area is 124 Å². The van der Waals surface area contributed by atoms with Crippen LogP contribution in [0, 0.1) is 0 Å². The zero-order valence-electron chi connectivity index (χ0n) is 12.6. The molecular formula is C15H21N3O3. The van der Waals surface area contributed by atoms with Crippen molar-refractivity contribution in [2.45, 2.75) is 26.0 Å². The van der Waals surface area contributed by atoms with Gasteiger partial charge >= 0.3 is 0 Å². The monoisotopic (exact) mass is 291 g/mol. The maximum Gasteiger partial charge on any atom is 0.251 e. The van der Waals surface area contributed by atoms with E-state index >= 15 is 0 Å². The molecule has 0 aliphatic heterocycles. The molecule has 1 aromatic heterocycles. The van der Waals surface area contributed by atoms with Gasteiger partial charge in [0.25, 0.3) is 5.89 Å². The largest absolute Gasteiger partial charge is 0.496 e. The van der Waals surface area contributed by atoms with E-state index < -0.39 is 0 Å². The van der Waals surface area contributed by atoms with Crippen LogP contribution in [0.5, 0.6) is 5.75 Å². The first kappa shape index (κ1) is 15.5. The lowest BCUT2D eigenvalue weighted by Gasteiger charge is -2.14. The Bertz CT molecular complexity index is 569. The SMILES string of the molecule is COc1ccccc1-c1nnc(CN(C)CCC(C)O)o1. The van der Waals surface area contributed by atoms with Crippen LogP contribution in [0.3, 0.4) is 0 Å². The quantitative estimate of drug-likeness (QED) is 0.840. The van der Waals surface area contributed by atoms with Gasteiger partial charge in [-0.1, -0.05) is 12.1 Å². The first-order chi connectivity index (χ1) is 10.1. The molecule has 0 bridgehead atoms. The van der Waals surface area contributed by atoms with Gasteiger partial charge in [0.05, 0.1) is 25.3 Å². The third kappa shape index (κ3) is 4.27. The lowest BCUT2D eigenvalue weighted by Crippen LogP contribution is -2.22. The van der Waals surface area contributed by atoms with Gasteiger partial charge in [-0.05, 0) is 32.5 Å². The van der Waals surface area contributed by atoms with Crippen molar-refractivity contribution in [2.75, 3.05) is 20.7 Å². The fourth-order valence-corrected chi connectivity index (χ4v) is 1.96. The minimum absolute atomic E-state index is 0.306. The highest BCUT2D eigenvalue weighted by molar-refractivity contribution is 5.62. The summed E-state index contributed by atoms with van der Waals surface area (Å²) in [6, 6.07) is 7.53. The Hall–Kier alpha value is -1.92. The topological polar surface area (TPSA) is 71.6 Å². The van der Waals surface area contributed by atoms with Gasteiger partial charge in [-0.25, -0.2) is 0 Å². The highest BCUT2D eigenvalue weighted by Gasteiger charge is 2.14. The molecule has 0 aliphatic rings. The third-order valence-corrected chi connectivity index (χ3v) is 3.14. The van der Waals surface area contributed by atoms with E-state index in [2.05, 4.69) is 10.2 Å². The summed E-state index contributed by atoms with van der Waals surface area (Å²) in [7, 11) is 3.56. The van der Waals surface area contributed by atoms with Gasteiger partial charge in [0.15, 0.2) is 0 Å². The van der Waals surface area contributed by atoms with Crippen LogP contribution in [0.15, 0.2) is 28.7 Å². The minimum Gasteiger partial charge on any atom is -0.496 e. The molecule has 0 aliphatic carbocycles. The fourth-order valence-electron chi connectivity index (χ4n) is 1.96. The van der Waals surface area contributed by atoms with Crippen LogP contribution >= 0.6 is 0 Å². The van der Waals surface area contributed by atoms with Crippen molar-refractivity contribution in [3.63, 3.8) is 0 Å². The number of nitrogens with zero attached hydrogens (tertiary/aromatic N) is 3. The van der Waals surface area contributed by atoms with Crippen LogP contribution in [0.4, 0.5) is 0 Å². The molecule has 1 atom stereocenters. The molecule has 0 radical (unpaired) electrons. The van der Waals surface area contributed by atoms with Crippen molar-refractivity contribution < 1.29 is 14.3 Å². The van der Waals surface area contributed by atoms with E-state index in [1.807, 2.05) is 36.2 Å². The summed E-state index contributed by atoms with van der Waals surface area (Å²) < 4.78 is 11.0. The van der Waals surface area contributed by atoms with E-state index in [0.29, 0.717) is 30.5 Å². The normalized spacial score (nSPS) is 12.6. The van der Waals surface area contributed by atoms with Gasteiger partial charge in [0.2, 0.25) is 5.89 Å². The summed E-state index contributed by atoms with van der Waals surface area (Å²) in [5, 5.41) is 17.4. The van der Waals surface area contributed by atoms with Crippen LogP contribution < -0.4 is 4.74 Å². The summed E-state index contributed by atoms with van der Waals surface area (Å²) >= 11 is 0. The van der Waals surface area contributed by atoms with Gasteiger partial charge in [0, 0.05) is 6.54 Å². The van der Waals surface area contributed by atoms with Crippen LogP contribution in [0.1, 0.15) is 19.2 Å². The Morgan fingerprint density at radius 1 is 1.33 bits per heavy atom. The molecule has 6 nitrogen and oxygen atoms in total. The lowest BCUT2D eigenvalue weighted by molar-refractivity contribution is 0.159. The average molecular weight is 291 g/mol. The third-order valence-electron chi connectivity index (χ3n) is 3.14. The van der Waals surface area contributed by atoms with Crippen LogP contribution in [-0.2, 0) is 6.54 Å². The zero-order valence-corrected chi connectivity index (χ0v) is 12.6. The molecule has 1 unspecified atom stereocenters. The maximum atomic E-state index is 9.29. The van der Waals surface area contributed by atoms with Gasteiger partial charge in [-0.3, -0.25) is 4.90 Å². The highest BCUT2D eigenvalue weighted by atomic mass is 16.5. The van der Waals surface area contributed by atoms with E-state index in [1.54, 1.807) is 14.0 Å². The van der Waals surface area contributed by atoms with Gasteiger partial charge < -0.3 is 14.3 Å². The van der Waals surface area contributed by atoms with Crippen molar-refractivity contribution in [3.05, 3.63) is 30.2 Å². The number of aliphatic hydroxyl groups is 1. The maximum absolute atomic E-state index is 9.29. The summed E-state index contributed by atoms with van der Waals surface area (Å²) in [4.78, 5) is 2.03. The van der Waals surface area contributed by atoms with Crippen molar-refractivity contribution in [3.8, 4) is 17.2 Å². The average Bonchev–Trinajstić information content (AvgIpc) is 2.93. The molecule has 1 N–H and O–H groups in total. The van der Waals surface area contributed by atoms with E-state index in [0.717, 1.165) is 12.1 Å². The summed E-state index contributed by atoms with van der Waals surface area (Å²) in [6.45, 7) is 3.10. The second-order valence-corrected chi connectivity index (χ2v) is 5.08. The van der Waals surface area contributed by atoms with E-state index in [4.69, 9.17) is 9.15 Å². The Morgan fingerprint density at radius 3 is 2.81 bits per heavy atom. The lowest BCUT2D eigenvalue weighted by atomic mass is 10.2. The first-order valence-corrected chi connectivity index (χ1v) is 6.92. The molecule has 2 rings (SSSR count). The number of aromatic nitrogens is 2. The summed E-state index contributed by atoms with van der Waals surface area (Å²) in [5.74, 6) is 1.70. The smallest absolute Gasteiger partial charge is 0.251 e. The molecule has 0 amide bonds. The van der Waals surface area contributed by atoms with E-state index in [9.17, 15) is 5.11 Å². The first-order valence-electron chi connectivity index (χ1n) is 6.92. The molecule has 1 aromatic carbocycles. The van der Waals surface area contributed by atoms with Crippen molar-refractivity contribution in [1.82, 2.24) is 15.1 Å². The van der Waals surface area contributed by atoms with Crippen LogP contribution in [0.25, 0.3) is 11.5 Å². The van der Waals surface area contributed by atoms with Crippen molar-refractivity contribution in [1.29, 1.82) is 0 Å². The molecule has 6 heteroatoms. The van der Waals surface area contributed by atoms with Crippen molar-refractivity contribution in [2.24, 2.45) is 0 Å². The van der Waals surface area contributed by atoms with E-state index in [1.165, 1.54) is 0 Å². The zero-order chi connectivity index (χ0) is 15.2. The molecule has 21 heavy (non-hydrogen) atoms. The summed E-state index contributed by atoms with van der Waals surface area (Å²) in [6.07, 6.45) is 0.406. The molecule has 0 fully saturated rings. The van der Waals surface area contributed by atoms with Crippen LogP contribution in [0.2, 0.25) is 0 Å². The number of aliphatic hydroxyl groups excluding tert-OH is 1. The summed E-state index contributed by atoms with van der Waals surface area (Å²) in [5.41, 5.74) is 0.783. The molecule has 114 valence electrons. The van der Waals surface area contributed by atoms with Gasteiger partial charge in [-0.2, -0.15) is 0 Å². The number of methoxy groups -OCH3 is 1. The van der Waals surface area contributed by atoms with E-state index in [-0.39, 0.29) is 6.10 Å². The molecule has 1 heterocycles. The number of para-hydroxylation sites is 1. The second kappa shape index (κ2) is 7.19. The number of ether oxygens (including phenoxy) is 1. The molecule has 2 aromatic rings. The van der Waals surface area contributed by atoms with Gasteiger partial charge in [0.1, 0.15) is 5.75 Å². The predicted molar refractivity (Wildman–Crippen MR) is 78.9 cm³/mol. The molecule has 0 saturated carbocycles. The minimum atomic E-state index is -0.306. The number of benzene rings is 1. The van der Waals surface area contributed by atoms with Crippen LogP contribution in [-0.4, -0.2) is 47.0 Å². The standard InChI is InChI=1S/C15H21N3O3/c1-11(19)8-9-18(2)10-14-16-17-15(21-14)12-6-4-5-7-13(12)20-3/h4-7,11,19H,8-10H2,1-3H3. The van der Waals surface area contributed by atoms with Gasteiger partial charge in [-0.15, -0.1) is 10.2 Å². The fraction of sp³-hybridized carbons (Fsp3) is 0.467. The Morgan fingerprint density at radius 2 is 2.10 bits per heavy atom. The highest BCUT2D eigenvalue weighted by Crippen LogP contribution is 2.28. The number of hydrogen-bond donors (Lipinski definition) is 1. The predicted octanol–water partition coefficient (Wildman–Crippen LogP) is 1.95. The number of rotatable bonds is 7. The Kier molecular flexibility index (Phi) is 5.30. The molecule has 0 spiro atoms. The second-order valence-electron chi connectivity index (χ2n) is 5.08. The Balaban J connectivity index is 2.04. The van der Waals surface area contributed by atoms with Crippen molar-refractivity contribution >= 4 is 0 Å². The molecule has 0 saturated heterocycles. The molecular weight excluding hydrogens is 270 g/mol. The number of hydrogen-bond acceptors (Lipinski definition) is 6.